The van der Waals surface area contributed by atoms with Crippen molar-refractivity contribution in [2.24, 2.45) is 5.73 Å². The number of primary amides is 1. The van der Waals surface area contributed by atoms with Crippen LogP contribution in [-0.4, -0.2) is 29.7 Å². The summed E-state index contributed by atoms with van der Waals surface area (Å²) < 4.78 is 0. The quantitative estimate of drug-likeness (QED) is 0.364. The predicted molar refractivity (Wildman–Crippen MR) is 27.0 cm³/mol. The fraction of sp³-hybridized carbons (Fsp3) is 0.750. The smallest absolute Gasteiger partial charge is 0.252 e. The molecule has 0 unspecified atom stereocenters. The van der Waals surface area contributed by atoms with Crippen LogP contribution in [0.15, 0.2) is 0 Å². The Labute approximate surface area is 46.7 Å². The first kappa shape index (κ1) is 5.53. The molecule has 1 heterocycles. The average Bonchev–Trinajstić information content (AvgIpc) is 1.60. The van der Waals surface area contributed by atoms with Crippen molar-refractivity contribution in [1.82, 2.24) is 5.32 Å². The van der Waals surface area contributed by atoms with Gasteiger partial charge in [0, 0.05) is 13.1 Å². The van der Waals surface area contributed by atoms with Gasteiger partial charge in [-0.3, -0.25) is 4.79 Å². The Morgan fingerprint density at radius 1 is 1.75 bits per heavy atom. The molecule has 0 aromatic rings. The van der Waals surface area contributed by atoms with Gasteiger partial charge in [0.1, 0.15) is 0 Å². The number of aliphatic hydroxyl groups is 1. The predicted octanol–water partition coefficient (Wildman–Crippen LogP) is -2.19. The molecule has 1 aliphatic rings. The molecule has 4 N–H and O–H groups in total. The van der Waals surface area contributed by atoms with Crippen LogP contribution in [0.3, 0.4) is 0 Å². The first-order valence-electron chi connectivity index (χ1n) is 2.38. The SMILES string of the molecule is NC(=O)C1(O)CNC1. The van der Waals surface area contributed by atoms with Crippen LogP contribution in [0, 0.1) is 0 Å². The Morgan fingerprint density at radius 3 is 2.25 bits per heavy atom. The van der Waals surface area contributed by atoms with Crippen molar-refractivity contribution in [3.05, 3.63) is 0 Å². The molecule has 0 atom stereocenters. The summed E-state index contributed by atoms with van der Waals surface area (Å²) in [6, 6.07) is 0. The molecule has 0 bridgehead atoms. The van der Waals surface area contributed by atoms with Gasteiger partial charge in [0.15, 0.2) is 5.60 Å². The van der Waals surface area contributed by atoms with Crippen molar-refractivity contribution in [3.8, 4) is 0 Å². The van der Waals surface area contributed by atoms with E-state index in [1.54, 1.807) is 0 Å². The first-order chi connectivity index (χ1) is 3.65. The molecule has 4 nitrogen and oxygen atoms in total. The molecular formula is C4H8N2O2. The topological polar surface area (TPSA) is 75.4 Å². The van der Waals surface area contributed by atoms with Gasteiger partial charge in [0.05, 0.1) is 0 Å². The molecule has 4 heteroatoms. The molecule has 8 heavy (non-hydrogen) atoms. The fourth-order valence-corrected chi connectivity index (χ4v) is 0.536. The second-order valence-electron chi connectivity index (χ2n) is 2.00. The number of nitrogens with one attached hydrogen (secondary N) is 1. The molecule has 1 saturated heterocycles. The molecule has 0 radical (unpaired) electrons. The lowest BCUT2D eigenvalue weighted by Crippen LogP contribution is -2.66. The van der Waals surface area contributed by atoms with Crippen molar-refractivity contribution < 1.29 is 9.90 Å². The van der Waals surface area contributed by atoms with Gasteiger partial charge in [-0.25, -0.2) is 0 Å². The number of hydrogen-bond donors (Lipinski definition) is 3. The Balaban J connectivity index is 2.53. The van der Waals surface area contributed by atoms with Crippen molar-refractivity contribution >= 4 is 5.91 Å². The van der Waals surface area contributed by atoms with Crippen LogP contribution in [0.5, 0.6) is 0 Å². The van der Waals surface area contributed by atoms with E-state index in [-0.39, 0.29) is 0 Å². The van der Waals surface area contributed by atoms with E-state index in [1.165, 1.54) is 0 Å². The van der Waals surface area contributed by atoms with Gasteiger partial charge in [-0.1, -0.05) is 0 Å². The maximum atomic E-state index is 10.2. The largest absolute Gasteiger partial charge is 0.377 e. The Kier molecular flexibility index (Phi) is 0.988. The van der Waals surface area contributed by atoms with E-state index in [0.29, 0.717) is 13.1 Å². The van der Waals surface area contributed by atoms with Gasteiger partial charge in [0.2, 0.25) is 0 Å². The van der Waals surface area contributed by atoms with Crippen LogP contribution >= 0.6 is 0 Å². The summed E-state index contributed by atoms with van der Waals surface area (Å²) in [6.07, 6.45) is 0. The standard InChI is InChI=1S/C4H8N2O2/c5-3(7)4(8)1-6-2-4/h6,8H,1-2H2,(H2,5,7). The molecule has 0 saturated carbocycles. The Morgan fingerprint density at radius 2 is 2.25 bits per heavy atom. The zero-order chi connectivity index (χ0) is 6.20. The van der Waals surface area contributed by atoms with Gasteiger partial charge >= 0.3 is 0 Å². The number of nitrogens with two attached hydrogens (primary N) is 1. The molecule has 46 valence electrons. The molecule has 1 amide bonds. The number of rotatable bonds is 1. The third-order valence-corrected chi connectivity index (χ3v) is 1.29. The minimum Gasteiger partial charge on any atom is -0.377 e. The summed E-state index contributed by atoms with van der Waals surface area (Å²) in [5.41, 5.74) is 3.55. The first-order valence-corrected chi connectivity index (χ1v) is 2.38. The second kappa shape index (κ2) is 1.43. The van der Waals surface area contributed by atoms with Gasteiger partial charge in [-0.05, 0) is 0 Å². The minimum absolute atomic E-state index is 0.294. The number of amides is 1. The summed E-state index contributed by atoms with van der Waals surface area (Å²) in [5.74, 6) is -0.642. The van der Waals surface area contributed by atoms with E-state index in [1.807, 2.05) is 0 Å². The third-order valence-electron chi connectivity index (χ3n) is 1.29. The third kappa shape index (κ3) is 0.579. The molecule has 0 aromatic carbocycles. The summed E-state index contributed by atoms with van der Waals surface area (Å²) in [6.45, 7) is 0.588. The van der Waals surface area contributed by atoms with Gasteiger partial charge in [0.25, 0.3) is 5.91 Å². The molecule has 1 aliphatic heterocycles. The normalized spacial score (nSPS) is 24.1. The highest BCUT2D eigenvalue weighted by Gasteiger charge is 2.40. The monoisotopic (exact) mass is 116 g/mol. The molecule has 1 rings (SSSR count). The van der Waals surface area contributed by atoms with Crippen LogP contribution in [0.2, 0.25) is 0 Å². The minimum atomic E-state index is -1.25. The second-order valence-corrected chi connectivity index (χ2v) is 2.00. The van der Waals surface area contributed by atoms with Crippen LogP contribution in [0.25, 0.3) is 0 Å². The summed E-state index contributed by atoms with van der Waals surface area (Å²) >= 11 is 0. The maximum absolute atomic E-state index is 10.2. The van der Waals surface area contributed by atoms with E-state index in [9.17, 15) is 4.79 Å². The summed E-state index contributed by atoms with van der Waals surface area (Å²) in [7, 11) is 0. The number of hydrogen-bond acceptors (Lipinski definition) is 3. The number of β-amino-alcohol motifs (C(OH)–C–C–N with tert-alkyl or cyclic N) is 1. The van der Waals surface area contributed by atoms with Crippen LogP contribution < -0.4 is 11.1 Å². The zero-order valence-electron chi connectivity index (χ0n) is 4.35. The molecular weight excluding hydrogens is 108 g/mol. The molecule has 0 aliphatic carbocycles. The van der Waals surface area contributed by atoms with E-state index >= 15 is 0 Å². The van der Waals surface area contributed by atoms with Gasteiger partial charge < -0.3 is 16.2 Å². The number of carbonyl (C=O) groups excluding carboxylic acids is 1. The lowest BCUT2D eigenvalue weighted by Gasteiger charge is -2.33. The summed E-state index contributed by atoms with van der Waals surface area (Å²) in [4.78, 5) is 10.2. The van der Waals surface area contributed by atoms with Crippen molar-refractivity contribution in [3.63, 3.8) is 0 Å². The van der Waals surface area contributed by atoms with Gasteiger partial charge in [-0.2, -0.15) is 0 Å². The maximum Gasteiger partial charge on any atom is 0.252 e. The Hall–Kier alpha value is -0.610. The molecule has 1 fully saturated rings. The van der Waals surface area contributed by atoms with E-state index in [0.717, 1.165) is 0 Å². The molecule has 0 spiro atoms. The van der Waals surface area contributed by atoms with Crippen LogP contribution in [0.1, 0.15) is 0 Å². The fourth-order valence-electron chi connectivity index (χ4n) is 0.536. The average molecular weight is 116 g/mol. The van der Waals surface area contributed by atoms with Crippen LogP contribution in [-0.2, 0) is 4.79 Å². The van der Waals surface area contributed by atoms with E-state index in [4.69, 9.17) is 10.8 Å². The highest BCUT2D eigenvalue weighted by Crippen LogP contribution is 2.07. The highest BCUT2D eigenvalue weighted by molar-refractivity contribution is 5.84. The van der Waals surface area contributed by atoms with E-state index in [2.05, 4.69) is 5.32 Å². The zero-order valence-corrected chi connectivity index (χ0v) is 4.35. The highest BCUT2D eigenvalue weighted by atomic mass is 16.3. The van der Waals surface area contributed by atoms with Gasteiger partial charge in [-0.15, -0.1) is 0 Å². The Bertz CT molecular complexity index is 119. The lowest BCUT2D eigenvalue weighted by molar-refractivity contribution is -0.141. The van der Waals surface area contributed by atoms with Crippen molar-refractivity contribution in [2.45, 2.75) is 5.60 Å². The lowest BCUT2D eigenvalue weighted by atomic mass is 9.97. The number of carbonyl (C=O) groups is 1. The molecule has 0 aromatic heterocycles. The van der Waals surface area contributed by atoms with Crippen molar-refractivity contribution in [1.29, 1.82) is 0 Å². The summed E-state index contributed by atoms with van der Waals surface area (Å²) in [5, 5.41) is 11.7. The van der Waals surface area contributed by atoms with Crippen LogP contribution in [0.4, 0.5) is 0 Å². The van der Waals surface area contributed by atoms with Crippen molar-refractivity contribution in [2.75, 3.05) is 13.1 Å². The van der Waals surface area contributed by atoms with E-state index < -0.39 is 11.5 Å².